The van der Waals surface area contributed by atoms with E-state index in [0.29, 0.717) is 17.9 Å². The maximum atomic E-state index is 11.2. The molecule has 0 aliphatic heterocycles. The Bertz CT molecular complexity index is 804. The molecule has 0 unspecified atom stereocenters. The Balaban J connectivity index is 2.15. The first kappa shape index (κ1) is 12.8. The van der Waals surface area contributed by atoms with Gasteiger partial charge in [-0.05, 0) is 24.6 Å². The lowest BCUT2D eigenvalue weighted by Gasteiger charge is -2.03. The zero-order chi connectivity index (χ0) is 14.3. The zero-order valence-corrected chi connectivity index (χ0v) is 11.8. The van der Waals surface area contributed by atoms with E-state index in [1.165, 1.54) is 11.3 Å². The van der Waals surface area contributed by atoms with Crippen LogP contribution >= 0.6 is 11.3 Å². The summed E-state index contributed by atoms with van der Waals surface area (Å²) in [5.74, 6) is 0.193. The van der Waals surface area contributed by atoms with E-state index in [-0.39, 0.29) is 5.76 Å². The van der Waals surface area contributed by atoms with Gasteiger partial charge in [-0.2, -0.15) is 0 Å². The van der Waals surface area contributed by atoms with Crippen molar-refractivity contribution in [1.29, 1.82) is 0 Å². The molecule has 5 nitrogen and oxygen atoms in total. The molecule has 1 aromatic carbocycles. The van der Waals surface area contributed by atoms with Crippen molar-refractivity contribution in [2.75, 3.05) is 12.3 Å². The second-order valence-electron chi connectivity index (χ2n) is 4.48. The van der Waals surface area contributed by atoms with Crippen LogP contribution in [0.4, 0.5) is 5.69 Å². The summed E-state index contributed by atoms with van der Waals surface area (Å²) in [5, 5.41) is 0.910. The molecule has 0 fully saturated rings. The summed E-state index contributed by atoms with van der Waals surface area (Å²) in [7, 11) is 0. The fourth-order valence-electron chi connectivity index (χ4n) is 2.08. The molecule has 20 heavy (non-hydrogen) atoms. The molecule has 1 amide bonds. The van der Waals surface area contributed by atoms with E-state index in [0.717, 1.165) is 27.0 Å². The number of benzene rings is 1. The molecule has 6 heteroatoms. The highest BCUT2D eigenvalue weighted by molar-refractivity contribution is 7.26. The van der Waals surface area contributed by atoms with Gasteiger partial charge in [0.1, 0.15) is 11.4 Å². The van der Waals surface area contributed by atoms with E-state index in [1.54, 1.807) is 0 Å². The topological polar surface area (TPSA) is 91.5 Å². The van der Waals surface area contributed by atoms with E-state index in [9.17, 15) is 4.79 Å². The number of carbonyl (C=O) groups excluding carboxylic acids is 1. The van der Waals surface area contributed by atoms with E-state index in [2.05, 4.69) is 6.92 Å². The summed E-state index contributed by atoms with van der Waals surface area (Å²) in [6, 6.07) is 5.74. The summed E-state index contributed by atoms with van der Waals surface area (Å²) >= 11 is 1.47. The number of thiophene rings is 1. The predicted molar refractivity (Wildman–Crippen MR) is 80.3 cm³/mol. The molecule has 0 spiro atoms. The molecule has 0 atom stereocenters. The molecule has 3 aromatic rings. The minimum Gasteiger partial charge on any atom is -0.494 e. The summed E-state index contributed by atoms with van der Waals surface area (Å²) in [5.41, 5.74) is 12.1. The number of hydrogen-bond donors (Lipinski definition) is 2. The van der Waals surface area contributed by atoms with Crippen molar-refractivity contribution in [1.82, 2.24) is 0 Å². The van der Waals surface area contributed by atoms with Crippen LogP contribution in [0, 0.1) is 0 Å². The van der Waals surface area contributed by atoms with Crippen LogP contribution in [0.2, 0.25) is 0 Å². The smallest absolute Gasteiger partial charge is 0.286 e. The Kier molecular flexibility index (Phi) is 3.02. The average Bonchev–Trinajstić information content (AvgIpc) is 2.93. The van der Waals surface area contributed by atoms with E-state index in [4.69, 9.17) is 20.6 Å². The van der Waals surface area contributed by atoms with Crippen molar-refractivity contribution >= 4 is 43.3 Å². The lowest BCUT2D eigenvalue weighted by Crippen LogP contribution is -2.11. The van der Waals surface area contributed by atoms with Gasteiger partial charge >= 0.3 is 0 Å². The number of hydrogen-bond acceptors (Lipinski definition) is 5. The molecule has 4 N–H and O–H groups in total. The Hall–Kier alpha value is -2.21. The van der Waals surface area contributed by atoms with Crippen LogP contribution in [0.3, 0.4) is 0 Å². The number of fused-ring (bicyclic) bond motifs is 3. The largest absolute Gasteiger partial charge is 0.494 e. The van der Waals surface area contributed by atoms with Crippen LogP contribution in [0.15, 0.2) is 22.6 Å². The third-order valence-electron chi connectivity index (χ3n) is 3.01. The minimum absolute atomic E-state index is 0.0273. The molecule has 0 radical (unpaired) electrons. The highest BCUT2D eigenvalue weighted by Gasteiger charge is 2.20. The Morgan fingerprint density at radius 1 is 1.45 bits per heavy atom. The van der Waals surface area contributed by atoms with E-state index < -0.39 is 5.91 Å². The average molecular weight is 290 g/mol. The fraction of sp³-hybridized carbons (Fsp3) is 0.214. The number of furan rings is 1. The zero-order valence-electron chi connectivity index (χ0n) is 10.9. The second-order valence-corrected chi connectivity index (χ2v) is 5.53. The van der Waals surface area contributed by atoms with Crippen LogP contribution in [0.1, 0.15) is 23.9 Å². The summed E-state index contributed by atoms with van der Waals surface area (Å²) in [6.07, 6.45) is 0.958. The number of amides is 1. The molecule has 0 aliphatic rings. The lowest BCUT2D eigenvalue weighted by molar-refractivity contribution is 0.0977. The lowest BCUT2D eigenvalue weighted by atomic mass is 10.2. The molecule has 2 heterocycles. The van der Waals surface area contributed by atoms with Crippen LogP contribution in [0.5, 0.6) is 5.75 Å². The molecular formula is C14H14N2O3S. The normalized spacial score (nSPS) is 11.2. The first-order valence-corrected chi connectivity index (χ1v) is 7.10. The maximum absolute atomic E-state index is 11.2. The maximum Gasteiger partial charge on any atom is 0.286 e. The van der Waals surface area contributed by atoms with Crippen molar-refractivity contribution in [3.63, 3.8) is 0 Å². The van der Waals surface area contributed by atoms with Gasteiger partial charge in [0.25, 0.3) is 5.91 Å². The standard InChI is InChI=1S/C14H14N2O3S/c1-2-5-18-7-3-4-8-9(6-7)20-13-10(15)12(14(16)17)19-11(8)13/h3-4,6H,2,5,15H2,1H3,(H2,16,17). The van der Waals surface area contributed by atoms with Gasteiger partial charge < -0.3 is 20.6 Å². The number of carbonyl (C=O) groups is 1. The molecule has 104 valence electrons. The molecular weight excluding hydrogens is 276 g/mol. The number of nitrogen functional groups attached to an aromatic ring is 1. The fourth-order valence-corrected chi connectivity index (χ4v) is 3.20. The SMILES string of the molecule is CCCOc1ccc2c(c1)sc1c(N)c(C(N)=O)oc12. The predicted octanol–water partition coefficient (Wildman–Crippen LogP) is 3.12. The molecule has 0 saturated carbocycles. The summed E-state index contributed by atoms with van der Waals surface area (Å²) < 4.78 is 12.9. The van der Waals surface area contributed by atoms with Gasteiger partial charge in [-0.1, -0.05) is 6.92 Å². The highest BCUT2D eigenvalue weighted by Crippen LogP contribution is 2.41. The monoisotopic (exact) mass is 290 g/mol. The molecule has 0 saturated heterocycles. The van der Waals surface area contributed by atoms with Crippen molar-refractivity contribution in [3.8, 4) is 5.75 Å². The van der Waals surface area contributed by atoms with Crippen molar-refractivity contribution in [2.24, 2.45) is 5.73 Å². The van der Waals surface area contributed by atoms with Gasteiger partial charge in [0.05, 0.1) is 11.3 Å². The third kappa shape index (κ3) is 1.89. The van der Waals surface area contributed by atoms with Crippen molar-refractivity contribution in [3.05, 3.63) is 24.0 Å². The number of nitrogens with two attached hydrogens (primary N) is 2. The first-order valence-electron chi connectivity index (χ1n) is 6.29. The van der Waals surface area contributed by atoms with Gasteiger partial charge in [-0.25, -0.2) is 0 Å². The molecule has 2 aromatic heterocycles. The number of anilines is 1. The van der Waals surface area contributed by atoms with Crippen molar-refractivity contribution in [2.45, 2.75) is 13.3 Å². The van der Waals surface area contributed by atoms with E-state index in [1.807, 2.05) is 18.2 Å². The third-order valence-corrected chi connectivity index (χ3v) is 4.17. The summed E-state index contributed by atoms with van der Waals surface area (Å²) in [4.78, 5) is 11.2. The number of primary amides is 1. The second kappa shape index (κ2) is 4.72. The minimum atomic E-state index is -0.651. The van der Waals surface area contributed by atoms with Crippen LogP contribution in [-0.4, -0.2) is 12.5 Å². The van der Waals surface area contributed by atoms with Crippen LogP contribution in [0.25, 0.3) is 20.4 Å². The van der Waals surface area contributed by atoms with Crippen molar-refractivity contribution < 1.29 is 13.9 Å². The van der Waals surface area contributed by atoms with Gasteiger partial charge in [-0.15, -0.1) is 11.3 Å². The summed E-state index contributed by atoms with van der Waals surface area (Å²) in [6.45, 7) is 2.74. The molecule has 0 bridgehead atoms. The quantitative estimate of drug-likeness (QED) is 0.772. The number of rotatable bonds is 4. The van der Waals surface area contributed by atoms with Gasteiger partial charge in [0.2, 0.25) is 5.76 Å². The molecule has 0 aliphatic carbocycles. The van der Waals surface area contributed by atoms with Crippen LogP contribution < -0.4 is 16.2 Å². The molecule has 3 rings (SSSR count). The van der Waals surface area contributed by atoms with Gasteiger partial charge in [0.15, 0.2) is 5.58 Å². The first-order chi connectivity index (χ1) is 9.61. The Morgan fingerprint density at radius 2 is 2.25 bits per heavy atom. The van der Waals surface area contributed by atoms with Crippen LogP contribution in [-0.2, 0) is 0 Å². The van der Waals surface area contributed by atoms with Gasteiger partial charge in [-0.3, -0.25) is 4.79 Å². The Labute approximate surface area is 119 Å². The van der Waals surface area contributed by atoms with Gasteiger partial charge in [0, 0.05) is 10.1 Å². The Morgan fingerprint density at radius 3 is 2.95 bits per heavy atom. The highest BCUT2D eigenvalue weighted by atomic mass is 32.1. The number of ether oxygens (including phenoxy) is 1. The van der Waals surface area contributed by atoms with E-state index >= 15 is 0 Å².